The summed E-state index contributed by atoms with van der Waals surface area (Å²) in [5.41, 5.74) is 7.52. The molecule has 0 aromatic heterocycles. The predicted molar refractivity (Wildman–Crippen MR) is 206 cm³/mol. The molecule has 0 bridgehead atoms. The summed E-state index contributed by atoms with van der Waals surface area (Å²) in [6, 6.07) is 67.9. The Balaban J connectivity index is 1.33. The van der Waals surface area contributed by atoms with Crippen LogP contribution in [0.25, 0.3) is 21.5 Å². The molecular formula is C44H30BN3S. The van der Waals surface area contributed by atoms with Crippen molar-refractivity contribution in [3.05, 3.63) is 182 Å². The average molecular weight is 644 g/mol. The highest BCUT2D eigenvalue weighted by Gasteiger charge is 2.56. The van der Waals surface area contributed by atoms with E-state index in [9.17, 15) is 0 Å². The van der Waals surface area contributed by atoms with Crippen LogP contribution >= 0.6 is 10.0 Å². The first-order chi connectivity index (χ1) is 24.4. The number of hydrogen-bond donors (Lipinski definition) is 0. The maximum Gasteiger partial charge on any atom is 0.519 e. The second kappa shape index (κ2) is 10.1. The fraction of sp³-hybridized carbons (Fsp3) is 0. The van der Waals surface area contributed by atoms with Crippen molar-refractivity contribution >= 4 is 72.8 Å². The molecule has 8 aromatic rings. The number of hydrogen-bond acceptors (Lipinski definition) is 3. The van der Waals surface area contributed by atoms with Gasteiger partial charge in [0.05, 0.1) is 11.4 Å². The van der Waals surface area contributed by atoms with Gasteiger partial charge in [-0.05, 0) is 83.6 Å². The van der Waals surface area contributed by atoms with E-state index in [1.807, 2.05) is 0 Å². The Morgan fingerprint density at radius 3 is 1.14 bits per heavy atom. The summed E-state index contributed by atoms with van der Waals surface area (Å²) in [6.07, 6.45) is 0. The minimum Gasteiger partial charge on any atom is -0.344 e. The van der Waals surface area contributed by atoms with Crippen LogP contribution in [0, 0.1) is 0 Å². The molecule has 5 heteroatoms. The summed E-state index contributed by atoms with van der Waals surface area (Å²) in [6.45, 7) is 0. The fourth-order valence-corrected chi connectivity index (χ4v) is 12.8. The molecule has 49 heavy (non-hydrogen) atoms. The zero-order valence-electron chi connectivity index (χ0n) is 26.6. The Bertz CT molecular complexity index is 2490. The molecule has 3 aliphatic rings. The lowest BCUT2D eigenvalue weighted by Gasteiger charge is -2.47. The summed E-state index contributed by atoms with van der Waals surface area (Å²) < 4.78 is 0. The topological polar surface area (TPSA) is 9.72 Å². The first kappa shape index (κ1) is 27.1. The van der Waals surface area contributed by atoms with E-state index in [1.165, 1.54) is 75.3 Å². The SMILES string of the molecule is c1ccc(S(c2ccccc2)(c2ccccc2)c2cccc3c2N2B4N3c3cccc5cccc(c35)N4c3cccc4cccc2c34)cc1. The van der Waals surface area contributed by atoms with Crippen molar-refractivity contribution in [2.45, 2.75) is 19.6 Å². The molecule has 0 saturated heterocycles. The van der Waals surface area contributed by atoms with E-state index >= 15 is 0 Å². The monoisotopic (exact) mass is 643 g/mol. The number of para-hydroxylation sites is 1. The van der Waals surface area contributed by atoms with Crippen molar-refractivity contribution in [2.75, 3.05) is 14.4 Å². The molecule has 3 nitrogen and oxygen atoms in total. The highest BCUT2D eigenvalue weighted by molar-refractivity contribution is 8.34. The van der Waals surface area contributed by atoms with Crippen molar-refractivity contribution in [3.8, 4) is 0 Å². The maximum atomic E-state index is 2.66. The van der Waals surface area contributed by atoms with Gasteiger partial charge in [-0.3, -0.25) is 0 Å². The van der Waals surface area contributed by atoms with Gasteiger partial charge < -0.3 is 14.4 Å². The van der Waals surface area contributed by atoms with Crippen LogP contribution in [0.5, 0.6) is 0 Å². The molecule has 11 rings (SSSR count). The Morgan fingerprint density at radius 2 is 0.694 bits per heavy atom. The minimum absolute atomic E-state index is 0.100. The van der Waals surface area contributed by atoms with Gasteiger partial charge >= 0.3 is 7.12 Å². The van der Waals surface area contributed by atoms with E-state index in [0.717, 1.165) is 0 Å². The Labute approximate surface area is 287 Å². The highest BCUT2D eigenvalue weighted by atomic mass is 32.3. The van der Waals surface area contributed by atoms with Gasteiger partial charge in [-0.25, -0.2) is 0 Å². The predicted octanol–water partition coefficient (Wildman–Crippen LogP) is 12.1. The van der Waals surface area contributed by atoms with E-state index in [2.05, 4.69) is 196 Å². The Morgan fingerprint density at radius 1 is 0.327 bits per heavy atom. The third-order valence-electron chi connectivity index (χ3n) is 10.6. The number of fused-ring (bicyclic) bond motifs is 7. The summed E-state index contributed by atoms with van der Waals surface area (Å²) in [5, 5.41) is 5.10. The quantitative estimate of drug-likeness (QED) is 0.177. The smallest absolute Gasteiger partial charge is 0.344 e. The van der Waals surface area contributed by atoms with Crippen LogP contribution in [0.3, 0.4) is 0 Å². The average Bonchev–Trinajstić information content (AvgIpc) is 3.53. The van der Waals surface area contributed by atoms with Crippen LogP contribution in [-0.4, -0.2) is 7.12 Å². The highest BCUT2D eigenvalue weighted by Crippen LogP contribution is 2.77. The summed E-state index contributed by atoms with van der Waals surface area (Å²) >= 11 is 0. The molecule has 0 N–H and O–H groups in total. The third kappa shape index (κ3) is 3.45. The maximum absolute atomic E-state index is 2.66. The summed E-state index contributed by atoms with van der Waals surface area (Å²) in [7, 11) is -2.07. The van der Waals surface area contributed by atoms with Crippen LogP contribution in [0.2, 0.25) is 0 Å². The molecule has 3 aliphatic heterocycles. The van der Waals surface area contributed by atoms with Crippen molar-refractivity contribution in [1.82, 2.24) is 0 Å². The number of anilines is 6. The van der Waals surface area contributed by atoms with Gasteiger partial charge in [0.2, 0.25) is 0 Å². The molecule has 0 fully saturated rings. The molecule has 0 saturated carbocycles. The molecule has 0 aliphatic carbocycles. The fourth-order valence-electron chi connectivity index (χ4n) is 8.73. The standard InChI is InChI=1S/C44H30BN3S/c1-4-19-33(20-5-1)49(34-21-6-2-7-22-34,35-23-8-3-9-24-35)41-30-14-29-40-44(41)48-39-28-13-18-32-17-11-26-37(43(32)39)46-36-25-10-15-31-16-12-27-38(42(31)36)47(40)45(46)48/h1-30H. The summed E-state index contributed by atoms with van der Waals surface area (Å²) in [5.74, 6) is 0. The zero-order chi connectivity index (χ0) is 32.1. The van der Waals surface area contributed by atoms with Crippen molar-refractivity contribution in [1.29, 1.82) is 0 Å². The van der Waals surface area contributed by atoms with Crippen molar-refractivity contribution in [3.63, 3.8) is 0 Å². The molecule has 0 spiro atoms. The number of nitrogens with zero attached hydrogens (tertiary/aromatic N) is 3. The van der Waals surface area contributed by atoms with E-state index < -0.39 is 10.0 Å². The first-order valence-corrected chi connectivity index (χ1v) is 18.5. The lowest BCUT2D eigenvalue weighted by Crippen LogP contribution is -2.59. The lowest BCUT2D eigenvalue weighted by molar-refractivity contribution is 1.21. The largest absolute Gasteiger partial charge is 0.519 e. The molecular weight excluding hydrogens is 613 g/mol. The molecule has 230 valence electrons. The van der Waals surface area contributed by atoms with Gasteiger partial charge in [0, 0.05) is 53.1 Å². The third-order valence-corrected chi connectivity index (χ3v) is 14.5. The second-order valence-electron chi connectivity index (χ2n) is 12.9. The molecule has 0 amide bonds. The van der Waals surface area contributed by atoms with Crippen molar-refractivity contribution < 1.29 is 0 Å². The molecule has 0 atom stereocenters. The Hall–Kier alpha value is -5.91. The van der Waals surface area contributed by atoms with Crippen LogP contribution in [0.1, 0.15) is 0 Å². The second-order valence-corrected chi connectivity index (χ2v) is 16.0. The van der Waals surface area contributed by atoms with Gasteiger partial charge in [0.15, 0.2) is 0 Å². The van der Waals surface area contributed by atoms with Crippen LogP contribution in [-0.2, 0) is 0 Å². The van der Waals surface area contributed by atoms with Crippen LogP contribution < -0.4 is 14.4 Å². The number of rotatable bonds is 4. The number of benzene rings is 8. The lowest BCUT2D eigenvalue weighted by atomic mass is 9.75. The molecule has 8 aromatic carbocycles. The summed E-state index contributed by atoms with van der Waals surface area (Å²) in [4.78, 5) is 13.2. The van der Waals surface area contributed by atoms with Gasteiger partial charge in [-0.2, -0.15) is 0 Å². The van der Waals surface area contributed by atoms with Crippen LogP contribution in [0.15, 0.2) is 202 Å². The van der Waals surface area contributed by atoms with E-state index in [4.69, 9.17) is 0 Å². The van der Waals surface area contributed by atoms with Crippen LogP contribution in [0.4, 0.5) is 34.1 Å². The minimum atomic E-state index is -1.97. The zero-order valence-corrected chi connectivity index (χ0v) is 27.5. The van der Waals surface area contributed by atoms with E-state index in [1.54, 1.807) is 0 Å². The molecule has 3 heterocycles. The van der Waals surface area contributed by atoms with E-state index in [0.29, 0.717) is 0 Å². The van der Waals surface area contributed by atoms with Gasteiger partial charge in [-0.15, -0.1) is 10.0 Å². The molecule has 0 radical (unpaired) electrons. The first-order valence-electron chi connectivity index (χ1n) is 16.9. The van der Waals surface area contributed by atoms with E-state index in [-0.39, 0.29) is 7.12 Å². The van der Waals surface area contributed by atoms with Gasteiger partial charge in [-0.1, -0.05) is 109 Å². The molecule has 0 unspecified atom stereocenters. The van der Waals surface area contributed by atoms with Gasteiger partial charge in [0.1, 0.15) is 0 Å². The van der Waals surface area contributed by atoms with Gasteiger partial charge in [0.25, 0.3) is 0 Å². The normalized spacial score (nSPS) is 14.3. The van der Waals surface area contributed by atoms with Crippen molar-refractivity contribution in [2.24, 2.45) is 0 Å². The Kier molecular flexibility index (Phi) is 5.56.